The van der Waals surface area contributed by atoms with Gasteiger partial charge >= 0.3 is 0 Å². The highest BCUT2D eigenvalue weighted by Crippen LogP contribution is 2.30. The van der Waals surface area contributed by atoms with Crippen LogP contribution in [0.2, 0.25) is 0 Å². The number of aliphatic imine (C=N–C) groups is 1. The Morgan fingerprint density at radius 1 is 1.10 bits per heavy atom. The summed E-state index contributed by atoms with van der Waals surface area (Å²) in [5, 5.41) is 1.24. The third kappa shape index (κ3) is 2.89. The van der Waals surface area contributed by atoms with E-state index >= 15 is 0 Å². The molecule has 0 fully saturated rings. The average molecular weight is 280 g/mol. The van der Waals surface area contributed by atoms with E-state index in [1.54, 1.807) is 6.92 Å². The number of hydrogen-bond acceptors (Lipinski definition) is 2. The SMILES string of the molecule is CC(N)=Nc1ccc2sc(Cc3ccccc3)cc2c1. The van der Waals surface area contributed by atoms with Crippen LogP contribution in [-0.2, 0) is 6.42 Å². The number of thiophene rings is 1. The molecule has 3 rings (SSSR count). The molecule has 0 amide bonds. The number of nitrogens with two attached hydrogens (primary N) is 1. The Kier molecular flexibility index (Phi) is 3.52. The molecule has 0 saturated heterocycles. The molecule has 0 aliphatic carbocycles. The largest absolute Gasteiger partial charge is 0.387 e. The zero-order valence-corrected chi connectivity index (χ0v) is 12.2. The second kappa shape index (κ2) is 5.47. The van der Waals surface area contributed by atoms with Crippen molar-refractivity contribution in [2.75, 3.05) is 0 Å². The zero-order chi connectivity index (χ0) is 13.9. The molecule has 20 heavy (non-hydrogen) atoms. The van der Waals surface area contributed by atoms with Crippen LogP contribution in [-0.4, -0.2) is 5.84 Å². The molecular weight excluding hydrogens is 264 g/mol. The summed E-state index contributed by atoms with van der Waals surface area (Å²) in [6.07, 6.45) is 0.981. The van der Waals surface area contributed by atoms with Gasteiger partial charge in [0, 0.05) is 16.0 Å². The monoisotopic (exact) mass is 280 g/mol. The van der Waals surface area contributed by atoms with Gasteiger partial charge in [0.15, 0.2) is 0 Å². The fourth-order valence-corrected chi connectivity index (χ4v) is 3.32. The number of benzene rings is 2. The smallest absolute Gasteiger partial charge is 0.0964 e. The lowest BCUT2D eigenvalue weighted by atomic mass is 10.1. The lowest BCUT2D eigenvalue weighted by molar-refractivity contribution is 1.24. The Balaban J connectivity index is 1.92. The van der Waals surface area contributed by atoms with E-state index < -0.39 is 0 Å². The van der Waals surface area contributed by atoms with Gasteiger partial charge < -0.3 is 5.73 Å². The van der Waals surface area contributed by atoms with Crippen LogP contribution >= 0.6 is 11.3 Å². The van der Waals surface area contributed by atoms with Gasteiger partial charge in [-0.05, 0) is 42.1 Å². The summed E-state index contributed by atoms with van der Waals surface area (Å²) >= 11 is 1.84. The summed E-state index contributed by atoms with van der Waals surface area (Å²) < 4.78 is 1.30. The maximum Gasteiger partial charge on any atom is 0.0964 e. The highest BCUT2D eigenvalue weighted by atomic mass is 32.1. The number of hydrogen-bond donors (Lipinski definition) is 1. The van der Waals surface area contributed by atoms with Crippen LogP contribution in [0.3, 0.4) is 0 Å². The molecule has 0 aliphatic rings. The van der Waals surface area contributed by atoms with Crippen molar-refractivity contribution >= 4 is 32.9 Å². The molecular formula is C17H16N2S. The van der Waals surface area contributed by atoms with Crippen LogP contribution < -0.4 is 5.73 Å². The summed E-state index contributed by atoms with van der Waals surface area (Å²) in [6, 6.07) is 19.0. The molecule has 0 radical (unpaired) electrons. The number of fused-ring (bicyclic) bond motifs is 1. The van der Waals surface area contributed by atoms with Gasteiger partial charge in [0.25, 0.3) is 0 Å². The van der Waals surface area contributed by atoms with Gasteiger partial charge in [-0.2, -0.15) is 0 Å². The Morgan fingerprint density at radius 3 is 2.65 bits per heavy atom. The third-order valence-electron chi connectivity index (χ3n) is 3.08. The summed E-state index contributed by atoms with van der Waals surface area (Å²) in [4.78, 5) is 5.67. The molecule has 2 N–H and O–H groups in total. The van der Waals surface area contributed by atoms with Crippen molar-refractivity contribution < 1.29 is 0 Å². The van der Waals surface area contributed by atoms with Gasteiger partial charge in [-0.1, -0.05) is 30.3 Å². The molecule has 0 atom stereocenters. The standard InChI is InChI=1S/C17H16N2S/c1-12(18)19-15-7-8-17-14(10-15)11-16(20-17)9-13-5-3-2-4-6-13/h2-8,10-11H,9H2,1H3,(H2,18,19). The molecule has 3 aromatic rings. The van der Waals surface area contributed by atoms with E-state index in [0.717, 1.165) is 12.1 Å². The predicted molar refractivity (Wildman–Crippen MR) is 88.0 cm³/mol. The van der Waals surface area contributed by atoms with Gasteiger partial charge in [-0.25, -0.2) is 4.99 Å². The van der Waals surface area contributed by atoms with Crippen molar-refractivity contribution in [2.45, 2.75) is 13.3 Å². The van der Waals surface area contributed by atoms with E-state index in [1.807, 2.05) is 23.5 Å². The lowest BCUT2D eigenvalue weighted by Crippen LogP contribution is -2.03. The number of nitrogens with zero attached hydrogens (tertiary/aromatic N) is 1. The highest BCUT2D eigenvalue weighted by molar-refractivity contribution is 7.19. The summed E-state index contributed by atoms with van der Waals surface area (Å²) in [7, 11) is 0. The minimum Gasteiger partial charge on any atom is -0.387 e. The van der Waals surface area contributed by atoms with Crippen LogP contribution in [0.4, 0.5) is 5.69 Å². The first-order chi connectivity index (χ1) is 9.70. The topological polar surface area (TPSA) is 38.4 Å². The maximum atomic E-state index is 5.63. The Hall–Kier alpha value is -2.13. The van der Waals surface area contributed by atoms with Crippen LogP contribution in [0.25, 0.3) is 10.1 Å². The van der Waals surface area contributed by atoms with Crippen LogP contribution in [0.5, 0.6) is 0 Å². The summed E-state index contributed by atoms with van der Waals surface area (Å²) in [5.41, 5.74) is 7.89. The van der Waals surface area contributed by atoms with Gasteiger partial charge in [-0.3, -0.25) is 0 Å². The minimum absolute atomic E-state index is 0.587. The van der Waals surface area contributed by atoms with Crippen LogP contribution in [0.1, 0.15) is 17.4 Å². The van der Waals surface area contributed by atoms with Crippen molar-refractivity contribution in [3.8, 4) is 0 Å². The minimum atomic E-state index is 0.587. The molecule has 1 aromatic heterocycles. The molecule has 0 saturated carbocycles. The van der Waals surface area contributed by atoms with Crippen molar-refractivity contribution in [1.29, 1.82) is 0 Å². The Labute approximate surface area is 122 Å². The predicted octanol–water partition coefficient (Wildman–Crippen LogP) is 4.50. The summed E-state index contributed by atoms with van der Waals surface area (Å²) in [5.74, 6) is 0.587. The van der Waals surface area contributed by atoms with Crippen LogP contribution in [0.15, 0.2) is 59.6 Å². The van der Waals surface area contributed by atoms with Gasteiger partial charge in [0.1, 0.15) is 0 Å². The fraction of sp³-hybridized carbons (Fsp3) is 0.118. The van der Waals surface area contributed by atoms with Crippen molar-refractivity contribution in [3.63, 3.8) is 0 Å². The third-order valence-corrected chi connectivity index (χ3v) is 4.19. The molecule has 0 unspecified atom stereocenters. The first-order valence-corrected chi connectivity index (χ1v) is 7.39. The molecule has 0 bridgehead atoms. The lowest BCUT2D eigenvalue weighted by Gasteiger charge is -1.96. The zero-order valence-electron chi connectivity index (χ0n) is 11.3. The van der Waals surface area contributed by atoms with E-state index in [9.17, 15) is 0 Å². The van der Waals surface area contributed by atoms with Gasteiger partial charge in [0.05, 0.1) is 11.5 Å². The van der Waals surface area contributed by atoms with Crippen molar-refractivity contribution in [1.82, 2.24) is 0 Å². The normalized spacial score (nSPS) is 11.9. The molecule has 0 aliphatic heterocycles. The van der Waals surface area contributed by atoms with E-state index in [0.29, 0.717) is 5.84 Å². The Bertz CT molecular complexity index is 753. The quantitative estimate of drug-likeness (QED) is 0.556. The molecule has 100 valence electrons. The van der Waals surface area contributed by atoms with Gasteiger partial charge in [0.2, 0.25) is 0 Å². The molecule has 3 heteroatoms. The van der Waals surface area contributed by atoms with Crippen LogP contribution in [0, 0.1) is 0 Å². The van der Waals surface area contributed by atoms with Gasteiger partial charge in [-0.15, -0.1) is 11.3 Å². The number of amidine groups is 1. The van der Waals surface area contributed by atoms with E-state index in [1.165, 1.54) is 20.5 Å². The molecule has 2 aromatic carbocycles. The average Bonchev–Trinajstić information content (AvgIpc) is 2.80. The van der Waals surface area contributed by atoms with Crippen molar-refractivity contribution in [3.05, 3.63) is 65.0 Å². The second-order valence-corrected chi connectivity index (χ2v) is 6.02. The maximum absolute atomic E-state index is 5.63. The fourth-order valence-electron chi connectivity index (χ4n) is 2.24. The van der Waals surface area contributed by atoms with Crippen molar-refractivity contribution in [2.24, 2.45) is 10.7 Å². The van der Waals surface area contributed by atoms with E-state index in [2.05, 4.69) is 47.5 Å². The van der Waals surface area contributed by atoms with E-state index in [-0.39, 0.29) is 0 Å². The summed E-state index contributed by atoms with van der Waals surface area (Å²) in [6.45, 7) is 1.80. The number of rotatable bonds is 3. The van der Waals surface area contributed by atoms with E-state index in [4.69, 9.17) is 5.73 Å². The molecule has 0 spiro atoms. The highest BCUT2D eigenvalue weighted by Gasteiger charge is 2.04. The second-order valence-electron chi connectivity index (χ2n) is 4.85. The Morgan fingerprint density at radius 2 is 1.90 bits per heavy atom. The first-order valence-electron chi connectivity index (χ1n) is 6.58. The molecule has 2 nitrogen and oxygen atoms in total. The molecule has 1 heterocycles. The first kappa shape index (κ1) is 12.9.